The van der Waals surface area contributed by atoms with E-state index in [1.807, 2.05) is 20.8 Å². The second-order valence-corrected chi connectivity index (χ2v) is 6.71. The predicted molar refractivity (Wildman–Crippen MR) is 107 cm³/mol. The summed E-state index contributed by atoms with van der Waals surface area (Å²) in [5.41, 5.74) is 1.94. The van der Waals surface area contributed by atoms with E-state index in [0.29, 0.717) is 22.0 Å². The third-order valence-corrected chi connectivity index (χ3v) is 4.58. The molecule has 27 heavy (non-hydrogen) atoms. The van der Waals surface area contributed by atoms with Crippen molar-refractivity contribution in [3.05, 3.63) is 58.6 Å². The van der Waals surface area contributed by atoms with Crippen molar-refractivity contribution >= 4 is 29.2 Å². The summed E-state index contributed by atoms with van der Waals surface area (Å²) in [5.74, 6) is -0.183. The molecule has 0 aliphatic rings. The smallest absolute Gasteiger partial charge is 0.347 e. The van der Waals surface area contributed by atoms with Gasteiger partial charge in [0.25, 0.3) is 5.91 Å². The fourth-order valence-electron chi connectivity index (χ4n) is 2.25. The van der Waals surface area contributed by atoms with Gasteiger partial charge in [-0.1, -0.05) is 24.6 Å². The average molecular weight is 390 g/mol. The lowest BCUT2D eigenvalue weighted by Crippen LogP contribution is -2.29. The number of anilines is 1. The minimum absolute atomic E-state index is 0.149. The van der Waals surface area contributed by atoms with E-state index in [1.54, 1.807) is 49.4 Å². The lowest BCUT2D eigenvalue weighted by Gasteiger charge is -2.17. The Hall–Kier alpha value is -2.53. The Bertz CT molecular complexity index is 804. The van der Waals surface area contributed by atoms with Crippen LogP contribution in [0.2, 0.25) is 5.02 Å². The molecule has 6 heteroatoms. The molecule has 1 amide bonds. The third-order valence-electron chi connectivity index (χ3n) is 4.17. The van der Waals surface area contributed by atoms with Crippen LogP contribution in [0.1, 0.15) is 43.1 Å². The molecule has 5 nitrogen and oxygen atoms in total. The number of ether oxygens (including phenoxy) is 2. The number of rotatable bonds is 7. The number of nitrogens with one attached hydrogen (secondary N) is 1. The van der Waals surface area contributed by atoms with E-state index < -0.39 is 12.1 Å². The van der Waals surface area contributed by atoms with Crippen LogP contribution in [-0.4, -0.2) is 24.1 Å². The van der Waals surface area contributed by atoms with Crippen molar-refractivity contribution < 1.29 is 19.1 Å². The van der Waals surface area contributed by atoms with E-state index in [2.05, 4.69) is 5.32 Å². The van der Waals surface area contributed by atoms with Gasteiger partial charge in [-0.05, 0) is 69.2 Å². The largest absolute Gasteiger partial charge is 0.479 e. The molecule has 2 atom stereocenters. The second kappa shape index (κ2) is 9.42. The van der Waals surface area contributed by atoms with E-state index in [1.165, 1.54) is 0 Å². The van der Waals surface area contributed by atoms with Gasteiger partial charge >= 0.3 is 5.97 Å². The van der Waals surface area contributed by atoms with Crippen LogP contribution in [0, 0.1) is 6.92 Å². The molecule has 2 aromatic carbocycles. The van der Waals surface area contributed by atoms with Crippen LogP contribution in [0.5, 0.6) is 5.75 Å². The second-order valence-electron chi connectivity index (χ2n) is 6.31. The van der Waals surface area contributed by atoms with Crippen molar-refractivity contribution in [2.24, 2.45) is 0 Å². The quantitative estimate of drug-likeness (QED) is 0.676. The zero-order valence-corrected chi connectivity index (χ0v) is 16.7. The van der Waals surface area contributed by atoms with Crippen LogP contribution >= 0.6 is 11.6 Å². The lowest BCUT2D eigenvalue weighted by atomic mass is 10.1. The average Bonchev–Trinajstić information content (AvgIpc) is 2.65. The number of amides is 1. The number of benzene rings is 2. The summed E-state index contributed by atoms with van der Waals surface area (Å²) in [6.45, 7) is 7.25. The molecular weight excluding hydrogens is 366 g/mol. The Balaban J connectivity index is 1.99. The first kappa shape index (κ1) is 20.8. The number of carbonyl (C=O) groups is 2. The van der Waals surface area contributed by atoms with E-state index in [-0.39, 0.29) is 12.0 Å². The number of carbonyl (C=O) groups excluding carboxylic acids is 2. The first-order chi connectivity index (χ1) is 12.8. The van der Waals surface area contributed by atoms with Crippen LogP contribution in [0.3, 0.4) is 0 Å². The van der Waals surface area contributed by atoms with Crippen LogP contribution in [0.25, 0.3) is 0 Å². The highest BCUT2D eigenvalue weighted by Crippen LogP contribution is 2.24. The maximum absolute atomic E-state index is 12.4. The van der Waals surface area contributed by atoms with E-state index in [0.717, 1.165) is 12.0 Å². The van der Waals surface area contributed by atoms with Gasteiger partial charge in [-0.3, -0.25) is 4.79 Å². The molecule has 0 saturated carbocycles. The van der Waals surface area contributed by atoms with Crippen molar-refractivity contribution in [3.8, 4) is 5.75 Å². The predicted octanol–water partition coefficient (Wildman–Crippen LogP) is 5.01. The maximum Gasteiger partial charge on any atom is 0.347 e. The van der Waals surface area contributed by atoms with Crippen LogP contribution < -0.4 is 10.1 Å². The summed E-state index contributed by atoms with van der Waals surface area (Å²) in [6.07, 6.45) is -0.133. The Labute approximate surface area is 164 Å². The summed E-state index contributed by atoms with van der Waals surface area (Å²) in [6, 6.07) is 11.9. The summed E-state index contributed by atoms with van der Waals surface area (Å²) in [7, 11) is 0. The first-order valence-corrected chi connectivity index (χ1v) is 9.23. The highest BCUT2D eigenvalue weighted by molar-refractivity contribution is 6.31. The summed E-state index contributed by atoms with van der Waals surface area (Å²) >= 11 is 6.07. The molecule has 0 heterocycles. The van der Waals surface area contributed by atoms with Gasteiger partial charge in [0.1, 0.15) is 5.75 Å². The van der Waals surface area contributed by atoms with Crippen molar-refractivity contribution in [1.29, 1.82) is 0 Å². The van der Waals surface area contributed by atoms with Crippen molar-refractivity contribution in [1.82, 2.24) is 0 Å². The normalized spacial score (nSPS) is 12.8. The van der Waals surface area contributed by atoms with Gasteiger partial charge in [-0.2, -0.15) is 0 Å². The highest BCUT2D eigenvalue weighted by Gasteiger charge is 2.18. The number of hydrogen-bond acceptors (Lipinski definition) is 4. The van der Waals surface area contributed by atoms with Crippen molar-refractivity contribution in [2.45, 2.75) is 46.3 Å². The summed E-state index contributed by atoms with van der Waals surface area (Å²) in [5, 5.41) is 3.43. The molecule has 0 aromatic heterocycles. The van der Waals surface area contributed by atoms with E-state index in [9.17, 15) is 9.59 Å². The van der Waals surface area contributed by atoms with Gasteiger partial charge in [0.2, 0.25) is 0 Å². The Morgan fingerprint density at radius 3 is 2.41 bits per heavy atom. The van der Waals surface area contributed by atoms with Crippen LogP contribution in [-0.2, 0) is 9.53 Å². The van der Waals surface area contributed by atoms with E-state index >= 15 is 0 Å². The summed E-state index contributed by atoms with van der Waals surface area (Å²) in [4.78, 5) is 24.3. The zero-order chi connectivity index (χ0) is 20.0. The monoisotopic (exact) mass is 389 g/mol. The zero-order valence-electron chi connectivity index (χ0n) is 15.9. The lowest BCUT2D eigenvalue weighted by molar-refractivity contribution is -0.155. The molecule has 0 unspecified atom stereocenters. The number of hydrogen-bond donors (Lipinski definition) is 1. The molecule has 144 valence electrons. The van der Waals surface area contributed by atoms with Gasteiger partial charge < -0.3 is 14.8 Å². The molecule has 0 fully saturated rings. The molecule has 0 aliphatic heterocycles. The molecule has 0 bridgehead atoms. The fourth-order valence-corrected chi connectivity index (χ4v) is 2.43. The molecule has 0 aliphatic carbocycles. The Morgan fingerprint density at radius 1 is 1.11 bits per heavy atom. The van der Waals surface area contributed by atoms with Crippen molar-refractivity contribution in [3.63, 3.8) is 0 Å². The van der Waals surface area contributed by atoms with E-state index in [4.69, 9.17) is 21.1 Å². The minimum Gasteiger partial charge on any atom is -0.479 e. The molecule has 1 N–H and O–H groups in total. The van der Waals surface area contributed by atoms with Gasteiger partial charge in [-0.25, -0.2) is 4.79 Å². The molecule has 0 spiro atoms. The van der Waals surface area contributed by atoms with Gasteiger partial charge in [0.15, 0.2) is 6.10 Å². The number of halogens is 1. The molecular formula is C21H24ClNO4. The third kappa shape index (κ3) is 5.73. The van der Waals surface area contributed by atoms with Crippen LogP contribution in [0.15, 0.2) is 42.5 Å². The Kier molecular flexibility index (Phi) is 7.25. The van der Waals surface area contributed by atoms with Crippen LogP contribution in [0.4, 0.5) is 5.69 Å². The standard InChI is InChI=1S/C21H24ClNO4/c1-5-13(2)26-21(25)15(4)27-17-11-9-16(10-12-17)20(24)23-19-8-6-7-18(22)14(19)3/h6-13,15H,5H2,1-4H3,(H,23,24)/t13-,15+/m1/s1. The van der Waals surface area contributed by atoms with Crippen molar-refractivity contribution in [2.75, 3.05) is 5.32 Å². The molecule has 2 rings (SSSR count). The molecule has 2 aromatic rings. The SMILES string of the molecule is CC[C@@H](C)OC(=O)[C@H](C)Oc1ccc(C(=O)Nc2cccc(Cl)c2C)cc1. The summed E-state index contributed by atoms with van der Waals surface area (Å²) < 4.78 is 10.8. The molecule has 0 radical (unpaired) electrons. The van der Waals surface area contributed by atoms with Gasteiger partial charge in [0.05, 0.1) is 6.10 Å². The highest BCUT2D eigenvalue weighted by atomic mass is 35.5. The molecule has 0 saturated heterocycles. The van der Waals surface area contributed by atoms with Gasteiger partial charge in [-0.15, -0.1) is 0 Å². The minimum atomic E-state index is -0.729. The van der Waals surface area contributed by atoms with Gasteiger partial charge in [0, 0.05) is 16.3 Å². The fraction of sp³-hybridized carbons (Fsp3) is 0.333. The topological polar surface area (TPSA) is 64.6 Å². The first-order valence-electron chi connectivity index (χ1n) is 8.85. The maximum atomic E-state index is 12.4. The Morgan fingerprint density at radius 2 is 1.78 bits per heavy atom. The number of esters is 1.